The number of ether oxygens (including phenoxy) is 3. The van der Waals surface area contributed by atoms with E-state index in [9.17, 15) is 0 Å². The molecule has 2 unspecified atom stereocenters. The van der Waals surface area contributed by atoms with E-state index in [1.54, 1.807) is 0 Å². The van der Waals surface area contributed by atoms with Crippen LogP contribution in [0.4, 0.5) is 0 Å². The van der Waals surface area contributed by atoms with Gasteiger partial charge >= 0.3 is 0 Å². The monoisotopic (exact) mass is 346 g/mol. The summed E-state index contributed by atoms with van der Waals surface area (Å²) in [5.41, 5.74) is 5.39. The van der Waals surface area contributed by atoms with Crippen LogP contribution in [-0.4, -0.2) is 95.9 Å². The van der Waals surface area contributed by atoms with E-state index in [0.29, 0.717) is 12.2 Å². The molecule has 3 aliphatic rings. The highest BCUT2D eigenvalue weighted by molar-refractivity contribution is 4.67. The van der Waals surface area contributed by atoms with Crippen LogP contribution in [-0.2, 0) is 14.2 Å². The largest absolute Gasteiger partial charge is 0.379 e. The minimum Gasteiger partial charge on any atom is -0.379 e. The second-order valence-corrected chi connectivity index (χ2v) is 6.37. The van der Waals surface area contributed by atoms with Crippen molar-refractivity contribution >= 4 is 0 Å². The molecule has 3 saturated heterocycles. The normalized spacial score (nSPS) is 28.1. The maximum absolute atomic E-state index is 5.42. The van der Waals surface area contributed by atoms with Gasteiger partial charge in [0.25, 0.3) is 0 Å². The molecule has 4 N–H and O–H groups in total. The Morgan fingerprint density at radius 3 is 1.88 bits per heavy atom. The van der Waals surface area contributed by atoms with Gasteiger partial charge in [0.2, 0.25) is 0 Å². The van der Waals surface area contributed by atoms with Crippen molar-refractivity contribution in [2.45, 2.75) is 32.5 Å². The molecular formula is C17H38N4O3. The Labute approximate surface area is 147 Å². The van der Waals surface area contributed by atoms with Crippen molar-refractivity contribution in [1.82, 2.24) is 15.5 Å². The summed E-state index contributed by atoms with van der Waals surface area (Å²) in [6, 6.07) is 0. The van der Waals surface area contributed by atoms with Gasteiger partial charge in [-0.05, 0) is 33.4 Å². The fourth-order valence-electron chi connectivity index (χ4n) is 2.64. The molecule has 3 rings (SSSR count). The number of morpholine rings is 3. The van der Waals surface area contributed by atoms with Crippen LogP contribution in [0.1, 0.15) is 20.3 Å². The predicted molar refractivity (Wildman–Crippen MR) is 97.5 cm³/mol. The molecule has 2 atom stereocenters. The van der Waals surface area contributed by atoms with Gasteiger partial charge in [0, 0.05) is 39.3 Å². The van der Waals surface area contributed by atoms with Gasteiger partial charge in [0.1, 0.15) is 0 Å². The standard InChI is InChI=1S/C7H16N2O.C6H13NO.C4H9NO/c8-2-1-3-9-4-6-10-7-5-9;1-5-3-7-4-6(2)8-5;1-3-6-4-2-5-1/h1-8H2;5-7H,3-4H2,1-2H3;5H,1-4H2. The van der Waals surface area contributed by atoms with Gasteiger partial charge in [-0.1, -0.05) is 0 Å². The minimum atomic E-state index is 0.402. The lowest BCUT2D eigenvalue weighted by atomic mass is 10.3. The first-order valence-electron chi connectivity index (χ1n) is 9.37. The molecule has 0 aromatic carbocycles. The average Bonchev–Trinajstić information content (AvgIpc) is 2.63. The van der Waals surface area contributed by atoms with Crippen LogP contribution in [0.5, 0.6) is 0 Å². The smallest absolute Gasteiger partial charge is 0.0675 e. The van der Waals surface area contributed by atoms with E-state index >= 15 is 0 Å². The summed E-state index contributed by atoms with van der Waals surface area (Å²) in [5.74, 6) is 0. The van der Waals surface area contributed by atoms with Crippen molar-refractivity contribution in [1.29, 1.82) is 0 Å². The van der Waals surface area contributed by atoms with Gasteiger partial charge in [0.15, 0.2) is 0 Å². The van der Waals surface area contributed by atoms with Crippen molar-refractivity contribution in [2.24, 2.45) is 5.73 Å². The fourth-order valence-corrected chi connectivity index (χ4v) is 2.64. The molecule has 0 radical (unpaired) electrons. The Morgan fingerprint density at radius 2 is 1.50 bits per heavy atom. The van der Waals surface area contributed by atoms with Crippen molar-refractivity contribution in [2.75, 3.05) is 78.8 Å². The molecule has 0 aromatic rings. The molecule has 7 heteroatoms. The summed E-state index contributed by atoms with van der Waals surface area (Å²) < 4.78 is 15.6. The molecule has 0 bridgehead atoms. The molecule has 144 valence electrons. The van der Waals surface area contributed by atoms with Crippen molar-refractivity contribution in [3.63, 3.8) is 0 Å². The lowest BCUT2D eigenvalue weighted by molar-refractivity contribution is -0.0166. The third kappa shape index (κ3) is 12.1. The Morgan fingerprint density at radius 1 is 0.917 bits per heavy atom. The van der Waals surface area contributed by atoms with E-state index < -0.39 is 0 Å². The zero-order valence-corrected chi connectivity index (χ0v) is 15.6. The summed E-state index contributed by atoms with van der Waals surface area (Å²) in [4.78, 5) is 2.40. The van der Waals surface area contributed by atoms with E-state index in [0.717, 1.165) is 85.2 Å². The van der Waals surface area contributed by atoms with Crippen LogP contribution in [0.25, 0.3) is 0 Å². The van der Waals surface area contributed by atoms with Gasteiger partial charge in [-0.15, -0.1) is 0 Å². The number of hydrogen-bond acceptors (Lipinski definition) is 7. The first kappa shape index (κ1) is 21.8. The Balaban J connectivity index is 0.000000186. The third-order valence-corrected chi connectivity index (χ3v) is 3.96. The topological polar surface area (TPSA) is 81.0 Å². The summed E-state index contributed by atoms with van der Waals surface area (Å²) in [5, 5.41) is 6.42. The Hall–Kier alpha value is -0.280. The van der Waals surface area contributed by atoms with Crippen LogP contribution in [0.15, 0.2) is 0 Å². The van der Waals surface area contributed by atoms with E-state index in [1.807, 2.05) is 0 Å². The molecule has 0 saturated carbocycles. The molecule has 0 amide bonds. The van der Waals surface area contributed by atoms with Crippen molar-refractivity contribution in [3.05, 3.63) is 0 Å². The second-order valence-electron chi connectivity index (χ2n) is 6.37. The zero-order chi connectivity index (χ0) is 17.5. The van der Waals surface area contributed by atoms with Gasteiger partial charge in [-0.25, -0.2) is 0 Å². The van der Waals surface area contributed by atoms with E-state index in [2.05, 4.69) is 29.4 Å². The number of nitrogens with two attached hydrogens (primary N) is 1. The maximum Gasteiger partial charge on any atom is 0.0675 e. The Bertz CT molecular complexity index is 255. The molecule has 3 fully saturated rings. The second kappa shape index (κ2) is 15.0. The molecule has 3 heterocycles. The van der Waals surface area contributed by atoms with Crippen LogP contribution in [0, 0.1) is 0 Å². The SMILES string of the molecule is C1COCCN1.CC1CNCC(C)O1.NCCCN1CCOCC1. The van der Waals surface area contributed by atoms with Crippen LogP contribution in [0.3, 0.4) is 0 Å². The molecule has 3 aliphatic heterocycles. The number of nitrogens with zero attached hydrogens (tertiary/aromatic N) is 1. The van der Waals surface area contributed by atoms with Crippen LogP contribution in [0.2, 0.25) is 0 Å². The van der Waals surface area contributed by atoms with Gasteiger partial charge in [-0.2, -0.15) is 0 Å². The molecule has 0 aliphatic carbocycles. The zero-order valence-electron chi connectivity index (χ0n) is 15.6. The van der Waals surface area contributed by atoms with E-state index in [-0.39, 0.29) is 0 Å². The number of nitrogens with one attached hydrogen (secondary N) is 2. The summed E-state index contributed by atoms with van der Waals surface area (Å²) in [7, 11) is 0. The van der Waals surface area contributed by atoms with Gasteiger partial charge in [0.05, 0.1) is 38.6 Å². The molecule has 24 heavy (non-hydrogen) atoms. The minimum absolute atomic E-state index is 0.402. The van der Waals surface area contributed by atoms with E-state index in [1.165, 1.54) is 0 Å². The van der Waals surface area contributed by atoms with Crippen molar-refractivity contribution in [3.8, 4) is 0 Å². The predicted octanol–water partition coefficient (Wildman–Crippen LogP) is -0.343. The number of hydrogen-bond donors (Lipinski definition) is 3. The lowest BCUT2D eigenvalue weighted by Gasteiger charge is -2.26. The Kier molecular flexibility index (Phi) is 13.6. The quantitative estimate of drug-likeness (QED) is 0.645. The average molecular weight is 347 g/mol. The van der Waals surface area contributed by atoms with Gasteiger partial charge in [-0.3, -0.25) is 4.90 Å². The van der Waals surface area contributed by atoms with Crippen LogP contribution < -0.4 is 16.4 Å². The highest BCUT2D eigenvalue weighted by atomic mass is 16.5. The highest BCUT2D eigenvalue weighted by Gasteiger charge is 2.12. The first-order valence-corrected chi connectivity index (χ1v) is 9.37. The lowest BCUT2D eigenvalue weighted by Crippen LogP contribution is -2.41. The maximum atomic E-state index is 5.42. The molecule has 7 nitrogen and oxygen atoms in total. The first-order chi connectivity index (χ1) is 11.7. The summed E-state index contributed by atoms with van der Waals surface area (Å²) >= 11 is 0. The highest BCUT2D eigenvalue weighted by Crippen LogP contribution is 2.00. The van der Waals surface area contributed by atoms with E-state index in [4.69, 9.17) is 19.9 Å². The summed E-state index contributed by atoms with van der Waals surface area (Å²) in [6.45, 7) is 15.9. The fraction of sp³-hybridized carbons (Fsp3) is 1.00. The number of rotatable bonds is 3. The molecular weight excluding hydrogens is 308 g/mol. The molecule has 0 aromatic heterocycles. The van der Waals surface area contributed by atoms with Gasteiger partial charge < -0.3 is 30.6 Å². The molecule has 0 spiro atoms. The third-order valence-electron chi connectivity index (χ3n) is 3.96. The van der Waals surface area contributed by atoms with Crippen LogP contribution >= 0.6 is 0 Å². The summed E-state index contributed by atoms with van der Waals surface area (Å²) in [6.07, 6.45) is 1.91. The van der Waals surface area contributed by atoms with Crippen molar-refractivity contribution < 1.29 is 14.2 Å².